The fourth-order valence-electron chi connectivity index (χ4n) is 4.01. The summed E-state index contributed by atoms with van der Waals surface area (Å²) in [5.74, 6) is 0.0193. The van der Waals surface area contributed by atoms with Crippen LogP contribution in [0, 0.1) is 6.92 Å². The zero-order valence-electron chi connectivity index (χ0n) is 13.8. The summed E-state index contributed by atoms with van der Waals surface area (Å²) < 4.78 is 0. The molecule has 0 aromatic heterocycles. The quantitative estimate of drug-likeness (QED) is 0.881. The zero-order chi connectivity index (χ0) is 16.4. The molecule has 0 radical (unpaired) electrons. The Morgan fingerprint density at radius 3 is 2.39 bits per heavy atom. The number of carbonyl (C=O) groups is 2. The van der Waals surface area contributed by atoms with Crippen LogP contribution in [0.5, 0.6) is 0 Å². The molecule has 2 fully saturated rings. The second kappa shape index (κ2) is 6.60. The van der Waals surface area contributed by atoms with Gasteiger partial charge in [-0.1, -0.05) is 18.2 Å². The molecule has 3 rings (SSSR count). The number of urea groups is 1. The Morgan fingerprint density at radius 2 is 1.78 bits per heavy atom. The van der Waals surface area contributed by atoms with Gasteiger partial charge in [0.2, 0.25) is 5.91 Å². The minimum absolute atomic E-state index is 0.00437. The molecule has 3 amide bonds. The molecule has 2 atom stereocenters. The molecule has 2 aliphatic heterocycles. The van der Waals surface area contributed by atoms with E-state index in [4.69, 9.17) is 0 Å². The van der Waals surface area contributed by atoms with Crippen molar-refractivity contribution >= 4 is 17.6 Å². The van der Waals surface area contributed by atoms with Gasteiger partial charge in [0.1, 0.15) is 0 Å². The van der Waals surface area contributed by atoms with Crippen molar-refractivity contribution in [3.05, 3.63) is 29.8 Å². The lowest BCUT2D eigenvalue weighted by atomic mass is 9.82. The van der Waals surface area contributed by atoms with E-state index in [0.717, 1.165) is 43.4 Å². The molecule has 0 spiro atoms. The number of amides is 3. The van der Waals surface area contributed by atoms with Crippen molar-refractivity contribution in [3.63, 3.8) is 0 Å². The minimum Gasteiger partial charge on any atom is -0.353 e. The molecule has 2 saturated heterocycles. The van der Waals surface area contributed by atoms with E-state index < -0.39 is 0 Å². The van der Waals surface area contributed by atoms with Crippen LogP contribution in [-0.4, -0.2) is 35.0 Å². The number of nitrogens with zero attached hydrogens (tertiary/aromatic N) is 1. The topological polar surface area (TPSA) is 61.4 Å². The molecule has 124 valence electrons. The summed E-state index contributed by atoms with van der Waals surface area (Å²) in [6, 6.07) is 8.49. The number of anilines is 1. The molecular weight excluding hydrogens is 290 g/mol. The molecule has 2 bridgehead atoms. The molecule has 1 aromatic carbocycles. The molecule has 1 aromatic rings. The number of piperidine rings is 2. The molecule has 2 aliphatic rings. The highest BCUT2D eigenvalue weighted by Crippen LogP contribution is 2.34. The molecule has 0 aliphatic carbocycles. The Bertz CT molecular complexity index is 588. The first-order valence-corrected chi connectivity index (χ1v) is 8.46. The summed E-state index contributed by atoms with van der Waals surface area (Å²) in [6.45, 7) is 3.56. The van der Waals surface area contributed by atoms with Crippen LogP contribution in [0.1, 0.15) is 44.6 Å². The largest absolute Gasteiger partial charge is 0.353 e. The van der Waals surface area contributed by atoms with Crippen molar-refractivity contribution in [2.75, 3.05) is 5.32 Å². The van der Waals surface area contributed by atoms with Crippen LogP contribution < -0.4 is 10.6 Å². The summed E-state index contributed by atoms with van der Waals surface area (Å²) in [5.41, 5.74) is 1.94. The molecule has 5 heteroatoms. The van der Waals surface area contributed by atoms with Gasteiger partial charge in [0.15, 0.2) is 0 Å². The Kier molecular flexibility index (Phi) is 4.55. The van der Waals surface area contributed by atoms with Gasteiger partial charge >= 0.3 is 6.03 Å². The SMILES string of the molecule is CC(=O)NC1C[C@@H]2CCC[C@@H](C1)N2C(=O)Nc1ccccc1C. The Balaban J connectivity index is 1.71. The Morgan fingerprint density at radius 1 is 1.13 bits per heavy atom. The molecular formula is C18H25N3O2. The summed E-state index contributed by atoms with van der Waals surface area (Å²) in [4.78, 5) is 26.1. The fourth-order valence-corrected chi connectivity index (χ4v) is 4.01. The summed E-state index contributed by atoms with van der Waals surface area (Å²) in [6.07, 6.45) is 4.92. The van der Waals surface area contributed by atoms with Gasteiger partial charge in [-0.3, -0.25) is 4.79 Å². The van der Waals surface area contributed by atoms with Crippen molar-refractivity contribution < 1.29 is 9.59 Å². The van der Waals surface area contributed by atoms with E-state index in [1.54, 1.807) is 6.92 Å². The first kappa shape index (κ1) is 15.8. The number of benzene rings is 1. The summed E-state index contributed by atoms with van der Waals surface area (Å²) >= 11 is 0. The van der Waals surface area contributed by atoms with E-state index in [9.17, 15) is 9.59 Å². The van der Waals surface area contributed by atoms with Gasteiger partial charge in [-0.15, -0.1) is 0 Å². The maximum absolute atomic E-state index is 12.8. The van der Waals surface area contributed by atoms with Crippen LogP contribution in [0.4, 0.5) is 10.5 Å². The van der Waals surface area contributed by atoms with E-state index in [1.165, 1.54) is 0 Å². The second-order valence-corrected chi connectivity index (χ2v) is 6.76. The smallest absolute Gasteiger partial charge is 0.322 e. The normalized spacial score (nSPS) is 26.5. The summed E-state index contributed by atoms with van der Waals surface area (Å²) in [7, 11) is 0. The highest BCUT2D eigenvalue weighted by Gasteiger charge is 2.41. The van der Waals surface area contributed by atoms with Crippen molar-refractivity contribution in [1.82, 2.24) is 10.2 Å². The zero-order valence-corrected chi connectivity index (χ0v) is 13.8. The first-order valence-electron chi connectivity index (χ1n) is 8.46. The predicted octanol–water partition coefficient (Wildman–Crippen LogP) is 3.05. The van der Waals surface area contributed by atoms with Crippen LogP contribution in [0.15, 0.2) is 24.3 Å². The standard InChI is InChI=1S/C18H25N3O2/c1-12-6-3-4-9-17(12)20-18(23)21-15-7-5-8-16(21)11-14(10-15)19-13(2)22/h3-4,6,9,14-16H,5,7-8,10-11H2,1-2H3,(H,19,22)(H,20,23)/t15-,16-/m0/s1. The third kappa shape index (κ3) is 3.49. The number of hydrogen-bond donors (Lipinski definition) is 2. The molecule has 2 N–H and O–H groups in total. The van der Waals surface area contributed by atoms with Gasteiger partial charge in [0, 0.05) is 30.7 Å². The number of rotatable bonds is 2. The van der Waals surface area contributed by atoms with Gasteiger partial charge in [-0.2, -0.15) is 0 Å². The number of hydrogen-bond acceptors (Lipinski definition) is 2. The van der Waals surface area contributed by atoms with Crippen molar-refractivity contribution in [1.29, 1.82) is 0 Å². The number of nitrogens with one attached hydrogen (secondary N) is 2. The van der Waals surface area contributed by atoms with Gasteiger partial charge in [-0.05, 0) is 50.7 Å². The first-order chi connectivity index (χ1) is 11.0. The van der Waals surface area contributed by atoms with Crippen LogP contribution in [-0.2, 0) is 4.79 Å². The van der Waals surface area contributed by atoms with Crippen LogP contribution in [0.3, 0.4) is 0 Å². The van der Waals surface area contributed by atoms with E-state index >= 15 is 0 Å². The van der Waals surface area contributed by atoms with Crippen molar-refractivity contribution in [2.45, 2.75) is 64.1 Å². The van der Waals surface area contributed by atoms with Gasteiger partial charge in [-0.25, -0.2) is 4.79 Å². The predicted molar refractivity (Wildman–Crippen MR) is 90.3 cm³/mol. The van der Waals surface area contributed by atoms with Crippen LogP contribution >= 0.6 is 0 Å². The monoisotopic (exact) mass is 315 g/mol. The number of fused-ring (bicyclic) bond motifs is 2. The average molecular weight is 315 g/mol. The Labute approximate surface area is 137 Å². The molecule has 2 heterocycles. The van der Waals surface area contributed by atoms with Gasteiger partial charge < -0.3 is 15.5 Å². The third-order valence-corrected chi connectivity index (χ3v) is 5.00. The highest BCUT2D eigenvalue weighted by atomic mass is 16.2. The molecule has 0 unspecified atom stereocenters. The second-order valence-electron chi connectivity index (χ2n) is 6.76. The fraction of sp³-hybridized carbons (Fsp3) is 0.556. The lowest BCUT2D eigenvalue weighted by Gasteiger charge is -2.48. The molecule has 5 nitrogen and oxygen atoms in total. The van der Waals surface area contributed by atoms with Crippen molar-refractivity contribution in [3.8, 4) is 0 Å². The third-order valence-electron chi connectivity index (χ3n) is 5.00. The van der Waals surface area contributed by atoms with Gasteiger partial charge in [0.25, 0.3) is 0 Å². The Hall–Kier alpha value is -2.04. The number of aryl methyl sites for hydroxylation is 1. The highest BCUT2D eigenvalue weighted by molar-refractivity contribution is 5.90. The molecule has 23 heavy (non-hydrogen) atoms. The lowest BCUT2D eigenvalue weighted by molar-refractivity contribution is -0.120. The average Bonchev–Trinajstić information content (AvgIpc) is 2.48. The maximum atomic E-state index is 12.8. The van der Waals surface area contributed by atoms with Crippen molar-refractivity contribution in [2.24, 2.45) is 0 Å². The minimum atomic E-state index is -0.00437. The van der Waals surface area contributed by atoms with Gasteiger partial charge in [0.05, 0.1) is 0 Å². The number of carbonyl (C=O) groups excluding carboxylic acids is 2. The van der Waals surface area contributed by atoms with E-state index in [0.29, 0.717) is 0 Å². The van der Waals surface area contributed by atoms with E-state index in [1.807, 2.05) is 36.1 Å². The summed E-state index contributed by atoms with van der Waals surface area (Å²) in [5, 5.41) is 6.10. The van der Waals surface area contributed by atoms with E-state index in [-0.39, 0.29) is 30.1 Å². The maximum Gasteiger partial charge on any atom is 0.322 e. The van der Waals surface area contributed by atoms with E-state index in [2.05, 4.69) is 10.6 Å². The molecule has 0 saturated carbocycles. The van der Waals surface area contributed by atoms with Crippen LogP contribution in [0.2, 0.25) is 0 Å². The lowest BCUT2D eigenvalue weighted by Crippen LogP contribution is -2.59. The van der Waals surface area contributed by atoms with Crippen LogP contribution in [0.25, 0.3) is 0 Å². The number of para-hydroxylation sites is 1.